The number of allylic oxidation sites excluding steroid dienone is 4. The summed E-state index contributed by atoms with van der Waals surface area (Å²) in [5.41, 5.74) is 3.64. The van der Waals surface area contributed by atoms with Crippen LogP contribution in [0, 0.1) is 23.2 Å². The molecule has 0 saturated heterocycles. The Kier molecular flexibility index (Phi) is 7.69. The fourth-order valence-electron chi connectivity index (χ4n) is 6.67. The molecule has 3 rings (SSSR count). The summed E-state index contributed by atoms with van der Waals surface area (Å²) in [6.45, 7) is 10.7. The Labute approximate surface area is 184 Å². The predicted molar refractivity (Wildman–Crippen MR) is 124 cm³/mol. The van der Waals surface area contributed by atoms with Crippen molar-refractivity contribution in [1.82, 2.24) is 0 Å². The molecule has 0 spiro atoms. The van der Waals surface area contributed by atoms with Crippen molar-refractivity contribution in [1.29, 1.82) is 0 Å². The minimum absolute atomic E-state index is 0.221. The molecule has 0 aromatic heterocycles. The molecule has 0 heterocycles. The van der Waals surface area contributed by atoms with Gasteiger partial charge in [-0.15, -0.1) is 0 Å². The van der Waals surface area contributed by atoms with Gasteiger partial charge in [0.05, 0.1) is 11.7 Å². The van der Waals surface area contributed by atoms with Crippen molar-refractivity contribution in [3.05, 3.63) is 35.5 Å². The zero-order valence-electron chi connectivity index (χ0n) is 19.5. The van der Waals surface area contributed by atoms with E-state index in [1.807, 2.05) is 13.8 Å². The average Bonchev–Trinajstić information content (AvgIpc) is 3.02. The van der Waals surface area contributed by atoms with Gasteiger partial charge in [0.2, 0.25) is 0 Å². The molecule has 0 unspecified atom stereocenters. The second-order valence-corrected chi connectivity index (χ2v) is 11.2. The van der Waals surface area contributed by atoms with Crippen LogP contribution in [0.2, 0.25) is 0 Å². The largest absolute Gasteiger partial charge is 0.396 e. The topological polar surface area (TPSA) is 60.7 Å². The van der Waals surface area contributed by atoms with Crippen molar-refractivity contribution in [2.24, 2.45) is 23.2 Å². The summed E-state index contributed by atoms with van der Waals surface area (Å²) >= 11 is 0. The third-order valence-electron chi connectivity index (χ3n) is 8.39. The quantitative estimate of drug-likeness (QED) is 0.498. The van der Waals surface area contributed by atoms with Crippen molar-refractivity contribution in [3.8, 4) is 0 Å². The van der Waals surface area contributed by atoms with E-state index in [1.54, 1.807) is 5.57 Å². The predicted octanol–water partition coefficient (Wildman–Crippen LogP) is 5.71. The van der Waals surface area contributed by atoms with Crippen LogP contribution >= 0.6 is 0 Å². The van der Waals surface area contributed by atoms with Crippen molar-refractivity contribution in [2.45, 2.75) is 103 Å². The van der Waals surface area contributed by atoms with Crippen molar-refractivity contribution in [3.63, 3.8) is 0 Å². The highest BCUT2D eigenvalue weighted by atomic mass is 16.3. The van der Waals surface area contributed by atoms with Gasteiger partial charge in [0.1, 0.15) is 0 Å². The lowest BCUT2D eigenvalue weighted by Gasteiger charge is -2.45. The van der Waals surface area contributed by atoms with Gasteiger partial charge in [-0.05, 0) is 107 Å². The fraction of sp³-hybridized carbons (Fsp3) is 0.778. The van der Waals surface area contributed by atoms with Crippen molar-refractivity contribution >= 4 is 0 Å². The lowest BCUT2D eigenvalue weighted by atomic mass is 9.60. The van der Waals surface area contributed by atoms with Gasteiger partial charge < -0.3 is 15.3 Å². The molecule has 0 aromatic carbocycles. The lowest BCUT2D eigenvalue weighted by molar-refractivity contribution is 0.0418. The van der Waals surface area contributed by atoms with E-state index in [2.05, 4.69) is 25.7 Å². The van der Waals surface area contributed by atoms with E-state index < -0.39 is 5.60 Å². The summed E-state index contributed by atoms with van der Waals surface area (Å²) in [4.78, 5) is 0. The molecule has 3 fully saturated rings. The van der Waals surface area contributed by atoms with E-state index >= 15 is 0 Å². The van der Waals surface area contributed by atoms with Crippen LogP contribution in [0.4, 0.5) is 0 Å². The average molecular weight is 417 g/mol. The maximum absolute atomic E-state index is 10.2. The first-order valence-corrected chi connectivity index (χ1v) is 12.2. The molecule has 3 heteroatoms. The number of hydrogen-bond donors (Lipinski definition) is 3. The standard InChI is InChI=1S/C27H44O3/c1-19-9-12-23(29)17-21(19)11-10-20-7-6-16-27(4)24(20)13-14-25(27)22(18-28)8-5-15-26(2,3)30/h10-11,22-25,28-30H,1,5-9,12-18H2,2-4H3/b20-10+,21-11-/t22-,23-,24-,25+,27-/m0/s1. The Bertz CT molecular complexity index is 668. The molecule has 3 aliphatic carbocycles. The minimum Gasteiger partial charge on any atom is -0.396 e. The molecule has 3 N–H and O–H groups in total. The van der Waals surface area contributed by atoms with Crippen LogP contribution in [0.1, 0.15) is 91.4 Å². The number of aliphatic hydroxyl groups excluding tert-OH is 2. The molecular formula is C27H44O3. The normalized spacial score (nSPS) is 36.3. The molecular weight excluding hydrogens is 372 g/mol. The number of hydrogen-bond acceptors (Lipinski definition) is 3. The van der Waals surface area contributed by atoms with E-state index in [9.17, 15) is 15.3 Å². The molecule has 0 bridgehead atoms. The molecule has 3 saturated carbocycles. The Morgan fingerprint density at radius 2 is 1.97 bits per heavy atom. The third kappa shape index (κ3) is 5.47. The maximum Gasteiger partial charge on any atom is 0.0591 e. The summed E-state index contributed by atoms with van der Waals surface area (Å²) in [7, 11) is 0. The van der Waals surface area contributed by atoms with Crippen LogP contribution < -0.4 is 0 Å². The van der Waals surface area contributed by atoms with E-state index in [4.69, 9.17) is 0 Å². The van der Waals surface area contributed by atoms with Crippen LogP contribution in [0.5, 0.6) is 0 Å². The molecule has 0 aliphatic heterocycles. The highest BCUT2D eigenvalue weighted by Crippen LogP contribution is 2.60. The molecule has 0 amide bonds. The van der Waals surface area contributed by atoms with Crippen LogP contribution in [-0.2, 0) is 0 Å². The van der Waals surface area contributed by atoms with Gasteiger partial charge in [-0.3, -0.25) is 0 Å². The summed E-state index contributed by atoms with van der Waals surface area (Å²) in [5, 5.41) is 30.3. The van der Waals surface area contributed by atoms with Crippen LogP contribution in [0.3, 0.4) is 0 Å². The summed E-state index contributed by atoms with van der Waals surface area (Å²) in [5.74, 6) is 1.52. The summed E-state index contributed by atoms with van der Waals surface area (Å²) < 4.78 is 0. The first kappa shape index (κ1) is 23.8. The molecule has 3 nitrogen and oxygen atoms in total. The van der Waals surface area contributed by atoms with Gasteiger partial charge in [-0.1, -0.05) is 43.2 Å². The van der Waals surface area contributed by atoms with Crippen LogP contribution in [0.25, 0.3) is 0 Å². The van der Waals surface area contributed by atoms with E-state index in [0.717, 1.165) is 38.5 Å². The zero-order chi connectivity index (χ0) is 21.9. The Morgan fingerprint density at radius 1 is 1.20 bits per heavy atom. The minimum atomic E-state index is -0.618. The second-order valence-electron chi connectivity index (χ2n) is 11.2. The van der Waals surface area contributed by atoms with Gasteiger partial charge in [0, 0.05) is 6.61 Å². The van der Waals surface area contributed by atoms with Gasteiger partial charge >= 0.3 is 0 Å². The SMILES string of the molecule is C=C1CC[C@H](O)C/C1=C/C=C1\CCC[C@]2(C)[C@@H]([C@H](CO)CCCC(C)(C)O)CC[C@@H]12. The Hall–Kier alpha value is -0.900. The van der Waals surface area contributed by atoms with Gasteiger partial charge in [-0.25, -0.2) is 0 Å². The molecule has 170 valence electrons. The van der Waals surface area contributed by atoms with Crippen molar-refractivity contribution < 1.29 is 15.3 Å². The molecule has 0 aromatic rings. The maximum atomic E-state index is 10.2. The van der Waals surface area contributed by atoms with Crippen molar-refractivity contribution in [2.75, 3.05) is 6.61 Å². The first-order chi connectivity index (χ1) is 14.1. The smallest absolute Gasteiger partial charge is 0.0591 e. The number of rotatable bonds is 7. The van der Waals surface area contributed by atoms with Crippen LogP contribution in [0.15, 0.2) is 35.5 Å². The van der Waals surface area contributed by atoms with E-state index in [1.165, 1.54) is 43.3 Å². The molecule has 30 heavy (non-hydrogen) atoms. The Balaban J connectivity index is 1.72. The highest BCUT2D eigenvalue weighted by Gasteiger charge is 2.51. The summed E-state index contributed by atoms with van der Waals surface area (Å²) in [6, 6.07) is 0. The number of fused-ring (bicyclic) bond motifs is 1. The molecule has 0 radical (unpaired) electrons. The molecule has 3 aliphatic rings. The first-order valence-electron chi connectivity index (χ1n) is 12.2. The zero-order valence-corrected chi connectivity index (χ0v) is 19.5. The van der Waals surface area contributed by atoms with E-state index in [0.29, 0.717) is 17.8 Å². The van der Waals surface area contributed by atoms with Gasteiger partial charge in [0.25, 0.3) is 0 Å². The van der Waals surface area contributed by atoms with Gasteiger partial charge in [-0.2, -0.15) is 0 Å². The summed E-state index contributed by atoms with van der Waals surface area (Å²) in [6.07, 6.45) is 15.7. The Morgan fingerprint density at radius 3 is 2.67 bits per heavy atom. The van der Waals surface area contributed by atoms with Crippen LogP contribution in [-0.4, -0.2) is 33.6 Å². The monoisotopic (exact) mass is 416 g/mol. The molecule has 5 atom stereocenters. The third-order valence-corrected chi connectivity index (χ3v) is 8.39. The second kappa shape index (κ2) is 9.71. The number of aliphatic hydroxyl groups is 3. The van der Waals surface area contributed by atoms with E-state index in [-0.39, 0.29) is 18.1 Å². The lowest BCUT2D eigenvalue weighted by Crippen LogP contribution is -2.37. The highest BCUT2D eigenvalue weighted by molar-refractivity contribution is 5.36. The fourth-order valence-corrected chi connectivity index (χ4v) is 6.67. The van der Waals surface area contributed by atoms with Gasteiger partial charge in [0.15, 0.2) is 0 Å².